The van der Waals surface area contributed by atoms with Crippen LogP contribution in [-0.2, 0) is 19.1 Å². The summed E-state index contributed by atoms with van der Waals surface area (Å²) in [6, 6.07) is -1.35. The second kappa shape index (κ2) is 28.2. The summed E-state index contributed by atoms with van der Waals surface area (Å²) in [7, 11) is 0. The SMILES string of the molecule is CC(C)CCCCCCCCCCCC(=O)OC(CCCCCCCCCCCC(C)C)CC(=O)N[C@@H](CO)C(=O)O. The molecule has 0 fully saturated rings. The first kappa shape index (κ1) is 40.4. The molecule has 0 aromatic rings. The molecule has 0 bridgehead atoms. The van der Waals surface area contributed by atoms with Gasteiger partial charge in [0.15, 0.2) is 0 Å². The van der Waals surface area contributed by atoms with Crippen molar-refractivity contribution >= 4 is 17.8 Å². The number of carbonyl (C=O) groups excluding carboxylic acids is 2. The number of ether oxygens (including phenoxy) is 1. The first-order chi connectivity index (χ1) is 20.1. The van der Waals surface area contributed by atoms with E-state index in [1.165, 1.54) is 89.9 Å². The minimum Gasteiger partial charge on any atom is -0.480 e. The number of carboxylic acids is 1. The fraction of sp³-hybridized carbons (Fsp3) is 0.914. The second-order valence-corrected chi connectivity index (χ2v) is 13.2. The van der Waals surface area contributed by atoms with Gasteiger partial charge >= 0.3 is 11.9 Å². The van der Waals surface area contributed by atoms with Crippen LogP contribution in [0.5, 0.6) is 0 Å². The number of aliphatic hydroxyl groups excluding tert-OH is 1. The van der Waals surface area contributed by atoms with Crippen molar-refractivity contribution in [2.24, 2.45) is 11.8 Å². The van der Waals surface area contributed by atoms with E-state index < -0.39 is 30.6 Å². The molecule has 42 heavy (non-hydrogen) atoms. The van der Waals surface area contributed by atoms with Gasteiger partial charge in [-0.05, 0) is 31.1 Å². The molecule has 0 aromatic carbocycles. The van der Waals surface area contributed by atoms with Crippen LogP contribution in [0.4, 0.5) is 0 Å². The van der Waals surface area contributed by atoms with Crippen LogP contribution >= 0.6 is 0 Å². The van der Waals surface area contributed by atoms with Gasteiger partial charge in [0, 0.05) is 6.42 Å². The maximum absolute atomic E-state index is 12.5. The van der Waals surface area contributed by atoms with Crippen LogP contribution in [0.3, 0.4) is 0 Å². The number of aliphatic carboxylic acids is 1. The maximum atomic E-state index is 12.5. The van der Waals surface area contributed by atoms with Crippen molar-refractivity contribution in [2.75, 3.05) is 6.61 Å². The molecule has 0 aliphatic heterocycles. The molecule has 0 heterocycles. The number of unbranched alkanes of at least 4 members (excludes halogenated alkanes) is 16. The standard InChI is InChI=1S/C35H67NO6/c1-29(2)23-19-15-11-7-5-9-13-17-21-25-31(27-33(38)36-32(28-37)35(40)41)42-34(39)26-22-18-14-10-6-8-12-16-20-24-30(3)4/h29-32,37H,5-28H2,1-4H3,(H,36,38)(H,40,41)/t31?,32-/m0/s1. The third-order valence-electron chi connectivity index (χ3n) is 8.00. The summed E-state index contributed by atoms with van der Waals surface area (Å²) in [5.74, 6) is -0.497. The molecular weight excluding hydrogens is 530 g/mol. The van der Waals surface area contributed by atoms with Gasteiger partial charge in [-0.15, -0.1) is 0 Å². The fourth-order valence-corrected chi connectivity index (χ4v) is 5.31. The lowest BCUT2D eigenvalue weighted by molar-refractivity contribution is -0.152. The van der Waals surface area contributed by atoms with E-state index in [-0.39, 0.29) is 12.4 Å². The highest BCUT2D eigenvalue weighted by Gasteiger charge is 2.23. The summed E-state index contributed by atoms with van der Waals surface area (Å²) in [4.78, 5) is 36.1. The van der Waals surface area contributed by atoms with Crippen LogP contribution < -0.4 is 5.32 Å². The Morgan fingerprint density at radius 3 is 1.36 bits per heavy atom. The number of carbonyl (C=O) groups is 3. The highest BCUT2D eigenvalue weighted by atomic mass is 16.5. The number of aliphatic hydroxyl groups is 1. The van der Waals surface area contributed by atoms with E-state index in [0.29, 0.717) is 12.8 Å². The molecule has 0 aliphatic rings. The molecule has 248 valence electrons. The first-order valence-corrected chi connectivity index (χ1v) is 17.5. The Bertz CT molecular complexity index is 666. The number of amides is 1. The zero-order valence-corrected chi connectivity index (χ0v) is 27.8. The molecule has 0 saturated carbocycles. The normalized spacial score (nSPS) is 12.9. The summed E-state index contributed by atoms with van der Waals surface area (Å²) in [5.41, 5.74) is 0. The van der Waals surface area contributed by atoms with E-state index in [1.807, 2.05) is 0 Å². The molecule has 3 N–H and O–H groups in total. The molecule has 1 amide bonds. The third-order valence-corrected chi connectivity index (χ3v) is 8.00. The van der Waals surface area contributed by atoms with Crippen LogP contribution in [0.2, 0.25) is 0 Å². The largest absolute Gasteiger partial charge is 0.480 e. The van der Waals surface area contributed by atoms with Gasteiger partial charge in [0.05, 0.1) is 13.0 Å². The Kier molecular flexibility index (Phi) is 27.1. The average Bonchev–Trinajstić information content (AvgIpc) is 2.92. The predicted octanol–water partition coefficient (Wildman–Crippen LogP) is 8.74. The highest BCUT2D eigenvalue weighted by molar-refractivity contribution is 5.84. The van der Waals surface area contributed by atoms with E-state index in [0.717, 1.165) is 50.4 Å². The van der Waals surface area contributed by atoms with Gasteiger partial charge < -0.3 is 20.3 Å². The van der Waals surface area contributed by atoms with Gasteiger partial charge in [-0.1, -0.05) is 143 Å². The Morgan fingerprint density at radius 1 is 0.595 bits per heavy atom. The van der Waals surface area contributed by atoms with E-state index in [4.69, 9.17) is 9.84 Å². The Balaban J connectivity index is 4.26. The highest BCUT2D eigenvalue weighted by Crippen LogP contribution is 2.17. The summed E-state index contributed by atoms with van der Waals surface area (Å²) in [6.07, 6.45) is 24.3. The van der Waals surface area contributed by atoms with Crippen molar-refractivity contribution in [2.45, 2.75) is 188 Å². The zero-order valence-electron chi connectivity index (χ0n) is 27.8. The molecule has 0 saturated heterocycles. The number of carboxylic acid groups (broad SMARTS) is 1. The van der Waals surface area contributed by atoms with Gasteiger partial charge in [-0.2, -0.15) is 0 Å². The van der Waals surface area contributed by atoms with Gasteiger partial charge in [0.2, 0.25) is 5.91 Å². The van der Waals surface area contributed by atoms with Crippen molar-refractivity contribution in [1.29, 1.82) is 0 Å². The topological polar surface area (TPSA) is 113 Å². The summed E-state index contributed by atoms with van der Waals surface area (Å²) < 4.78 is 5.69. The number of rotatable bonds is 30. The lowest BCUT2D eigenvalue weighted by Gasteiger charge is -2.19. The van der Waals surface area contributed by atoms with Crippen LogP contribution in [-0.4, -0.2) is 46.8 Å². The maximum Gasteiger partial charge on any atom is 0.328 e. The number of hydrogen-bond donors (Lipinski definition) is 3. The Morgan fingerprint density at radius 2 is 0.976 bits per heavy atom. The quantitative estimate of drug-likeness (QED) is 0.0563. The molecule has 2 atom stereocenters. The molecule has 0 rings (SSSR count). The smallest absolute Gasteiger partial charge is 0.328 e. The van der Waals surface area contributed by atoms with E-state index in [1.54, 1.807) is 0 Å². The lowest BCUT2D eigenvalue weighted by atomic mass is 10.0. The molecule has 0 radical (unpaired) electrons. The minimum atomic E-state index is -1.35. The Hall–Kier alpha value is -1.63. The van der Waals surface area contributed by atoms with Crippen LogP contribution in [0.1, 0.15) is 175 Å². The van der Waals surface area contributed by atoms with Crippen molar-refractivity contribution in [1.82, 2.24) is 5.32 Å². The van der Waals surface area contributed by atoms with Crippen molar-refractivity contribution < 1.29 is 29.3 Å². The summed E-state index contributed by atoms with van der Waals surface area (Å²) >= 11 is 0. The van der Waals surface area contributed by atoms with Crippen LogP contribution in [0, 0.1) is 11.8 Å². The molecule has 0 spiro atoms. The molecule has 7 heteroatoms. The zero-order chi connectivity index (χ0) is 31.4. The van der Waals surface area contributed by atoms with Gasteiger partial charge in [0.25, 0.3) is 0 Å². The number of nitrogens with one attached hydrogen (secondary N) is 1. The second-order valence-electron chi connectivity index (χ2n) is 13.2. The summed E-state index contributed by atoms with van der Waals surface area (Å²) in [6.45, 7) is 8.43. The molecule has 1 unspecified atom stereocenters. The lowest BCUT2D eigenvalue weighted by Crippen LogP contribution is -2.44. The van der Waals surface area contributed by atoms with Crippen molar-refractivity contribution in [3.8, 4) is 0 Å². The van der Waals surface area contributed by atoms with Crippen LogP contribution in [0.25, 0.3) is 0 Å². The molecular formula is C35H67NO6. The molecule has 0 aromatic heterocycles. The molecule has 0 aliphatic carbocycles. The van der Waals surface area contributed by atoms with Crippen LogP contribution in [0.15, 0.2) is 0 Å². The Labute approximate surface area is 258 Å². The van der Waals surface area contributed by atoms with E-state index >= 15 is 0 Å². The van der Waals surface area contributed by atoms with E-state index in [2.05, 4.69) is 33.0 Å². The van der Waals surface area contributed by atoms with E-state index in [9.17, 15) is 19.5 Å². The number of hydrogen-bond acceptors (Lipinski definition) is 5. The fourth-order valence-electron chi connectivity index (χ4n) is 5.31. The average molecular weight is 598 g/mol. The van der Waals surface area contributed by atoms with Crippen molar-refractivity contribution in [3.05, 3.63) is 0 Å². The van der Waals surface area contributed by atoms with Gasteiger partial charge in [0.1, 0.15) is 12.1 Å². The third kappa shape index (κ3) is 27.2. The molecule has 7 nitrogen and oxygen atoms in total. The van der Waals surface area contributed by atoms with Gasteiger partial charge in [-0.25, -0.2) is 4.79 Å². The minimum absolute atomic E-state index is 0.0803. The van der Waals surface area contributed by atoms with Crippen molar-refractivity contribution in [3.63, 3.8) is 0 Å². The monoisotopic (exact) mass is 597 g/mol. The number of esters is 1. The summed E-state index contributed by atoms with van der Waals surface area (Å²) in [5, 5.41) is 20.6. The van der Waals surface area contributed by atoms with Gasteiger partial charge in [-0.3, -0.25) is 9.59 Å². The predicted molar refractivity (Wildman–Crippen MR) is 172 cm³/mol. The first-order valence-electron chi connectivity index (χ1n) is 17.5.